The van der Waals surface area contributed by atoms with Gasteiger partial charge in [0.1, 0.15) is 5.52 Å². The molecule has 5 nitrogen and oxygen atoms in total. The fourth-order valence-electron chi connectivity index (χ4n) is 2.28. The van der Waals surface area contributed by atoms with Crippen molar-refractivity contribution in [3.8, 4) is 11.5 Å². The van der Waals surface area contributed by atoms with E-state index in [1.165, 1.54) is 0 Å². The molecule has 2 aromatic carbocycles. The van der Waals surface area contributed by atoms with Crippen LogP contribution in [0.5, 0.6) is 0 Å². The Bertz CT molecular complexity index is 929. The van der Waals surface area contributed by atoms with Crippen molar-refractivity contribution in [1.82, 2.24) is 10.3 Å². The Hall–Kier alpha value is -2.73. The fourth-order valence-corrected chi connectivity index (χ4v) is 2.49. The van der Waals surface area contributed by atoms with E-state index in [9.17, 15) is 4.79 Å². The summed E-state index contributed by atoms with van der Waals surface area (Å²) in [5, 5.41) is 5.92. The SMILES string of the molecule is Cc1ccc2oc(-c3ccc(NC(=S)NC(=O)C(C)C)cc3)nc2c1. The predicted octanol–water partition coefficient (Wildman–Crippen LogP) is 4.27. The number of fused-ring (bicyclic) bond motifs is 1. The number of aryl methyl sites for hydroxylation is 1. The van der Waals surface area contributed by atoms with Crippen LogP contribution in [0.4, 0.5) is 5.69 Å². The largest absolute Gasteiger partial charge is 0.436 e. The van der Waals surface area contributed by atoms with E-state index in [1.54, 1.807) is 0 Å². The Labute approximate surface area is 151 Å². The predicted molar refractivity (Wildman–Crippen MR) is 103 cm³/mol. The van der Waals surface area contributed by atoms with Crippen molar-refractivity contribution in [2.75, 3.05) is 5.32 Å². The Morgan fingerprint density at radius 3 is 2.56 bits per heavy atom. The van der Waals surface area contributed by atoms with Gasteiger partial charge in [-0.25, -0.2) is 4.98 Å². The number of hydrogen-bond donors (Lipinski definition) is 2. The summed E-state index contributed by atoms with van der Waals surface area (Å²) in [7, 11) is 0. The molecule has 1 aromatic heterocycles. The van der Waals surface area contributed by atoms with E-state index >= 15 is 0 Å². The molecule has 0 atom stereocenters. The van der Waals surface area contributed by atoms with Gasteiger partial charge in [-0.05, 0) is 61.1 Å². The summed E-state index contributed by atoms with van der Waals surface area (Å²) < 4.78 is 5.79. The number of amides is 1. The highest BCUT2D eigenvalue weighted by molar-refractivity contribution is 7.80. The van der Waals surface area contributed by atoms with Gasteiger partial charge in [-0.3, -0.25) is 4.79 Å². The minimum atomic E-state index is -0.120. The summed E-state index contributed by atoms with van der Waals surface area (Å²) in [5.74, 6) is 0.337. The number of nitrogens with zero attached hydrogens (tertiary/aromatic N) is 1. The third-order valence-corrected chi connectivity index (χ3v) is 3.90. The maximum absolute atomic E-state index is 11.6. The smallest absolute Gasteiger partial charge is 0.228 e. The van der Waals surface area contributed by atoms with Gasteiger partial charge in [0.15, 0.2) is 10.7 Å². The number of carbonyl (C=O) groups excluding carboxylic acids is 1. The maximum atomic E-state index is 11.6. The average Bonchev–Trinajstić information content (AvgIpc) is 2.98. The van der Waals surface area contributed by atoms with E-state index in [-0.39, 0.29) is 16.9 Å². The highest BCUT2D eigenvalue weighted by Crippen LogP contribution is 2.25. The number of benzene rings is 2. The molecule has 0 aliphatic carbocycles. The molecule has 128 valence electrons. The summed E-state index contributed by atoms with van der Waals surface area (Å²) >= 11 is 5.14. The van der Waals surface area contributed by atoms with E-state index in [4.69, 9.17) is 16.6 Å². The summed E-state index contributed by atoms with van der Waals surface area (Å²) in [6.07, 6.45) is 0. The lowest BCUT2D eigenvalue weighted by atomic mass is 10.2. The van der Waals surface area contributed by atoms with E-state index in [2.05, 4.69) is 15.6 Å². The molecule has 2 N–H and O–H groups in total. The molecule has 0 fully saturated rings. The van der Waals surface area contributed by atoms with Crippen molar-refractivity contribution < 1.29 is 9.21 Å². The second-order valence-corrected chi connectivity index (χ2v) is 6.57. The minimum absolute atomic E-state index is 0.115. The molecular formula is C19H19N3O2S. The van der Waals surface area contributed by atoms with E-state index in [0.29, 0.717) is 5.89 Å². The first-order valence-corrected chi connectivity index (χ1v) is 8.42. The van der Waals surface area contributed by atoms with Crippen LogP contribution >= 0.6 is 12.2 Å². The molecule has 0 radical (unpaired) electrons. The lowest BCUT2D eigenvalue weighted by molar-refractivity contribution is -0.122. The Kier molecular flexibility index (Phi) is 4.81. The first-order chi connectivity index (χ1) is 11.9. The van der Waals surface area contributed by atoms with Gasteiger partial charge in [-0.2, -0.15) is 0 Å². The topological polar surface area (TPSA) is 67.2 Å². The molecule has 0 saturated heterocycles. The third kappa shape index (κ3) is 4.03. The molecule has 0 unspecified atom stereocenters. The molecule has 6 heteroatoms. The Morgan fingerprint density at radius 2 is 1.88 bits per heavy atom. The highest BCUT2D eigenvalue weighted by Gasteiger charge is 2.10. The van der Waals surface area contributed by atoms with Crippen LogP contribution in [0.25, 0.3) is 22.6 Å². The quantitative estimate of drug-likeness (QED) is 0.688. The molecule has 1 heterocycles. The number of rotatable bonds is 3. The van der Waals surface area contributed by atoms with Crippen molar-refractivity contribution in [2.24, 2.45) is 5.92 Å². The number of carbonyl (C=O) groups is 1. The third-order valence-electron chi connectivity index (χ3n) is 3.69. The lowest BCUT2D eigenvalue weighted by Gasteiger charge is -2.11. The Balaban J connectivity index is 1.73. The van der Waals surface area contributed by atoms with E-state index in [1.807, 2.05) is 63.2 Å². The first-order valence-electron chi connectivity index (χ1n) is 8.02. The van der Waals surface area contributed by atoms with Crippen LogP contribution in [0.1, 0.15) is 19.4 Å². The summed E-state index contributed by atoms with van der Waals surface area (Å²) in [4.78, 5) is 16.2. The fraction of sp³-hybridized carbons (Fsp3) is 0.211. The van der Waals surface area contributed by atoms with Crippen molar-refractivity contribution in [3.05, 3.63) is 48.0 Å². The second kappa shape index (κ2) is 7.03. The Morgan fingerprint density at radius 1 is 1.16 bits per heavy atom. The second-order valence-electron chi connectivity index (χ2n) is 6.17. The highest BCUT2D eigenvalue weighted by atomic mass is 32.1. The van der Waals surface area contributed by atoms with E-state index < -0.39 is 0 Å². The zero-order chi connectivity index (χ0) is 18.0. The van der Waals surface area contributed by atoms with Gasteiger partial charge in [0.2, 0.25) is 11.8 Å². The van der Waals surface area contributed by atoms with Crippen molar-refractivity contribution in [3.63, 3.8) is 0 Å². The summed E-state index contributed by atoms with van der Waals surface area (Å²) in [6.45, 7) is 5.65. The molecule has 0 bridgehead atoms. The molecule has 0 saturated carbocycles. The molecule has 0 aliphatic rings. The van der Waals surface area contributed by atoms with Crippen LogP contribution in [-0.4, -0.2) is 16.0 Å². The lowest BCUT2D eigenvalue weighted by Crippen LogP contribution is -2.36. The van der Waals surface area contributed by atoms with Gasteiger partial charge in [0.25, 0.3) is 0 Å². The van der Waals surface area contributed by atoms with Gasteiger partial charge in [-0.1, -0.05) is 19.9 Å². The minimum Gasteiger partial charge on any atom is -0.436 e. The number of thiocarbonyl (C=S) groups is 1. The van der Waals surface area contributed by atoms with Crippen LogP contribution < -0.4 is 10.6 Å². The van der Waals surface area contributed by atoms with Crippen LogP contribution in [-0.2, 0) is 4.79 Å². The molecule has 0 spiro atoms. The summed E-state index contributed by atoms with van der Waals surface area (Å²) in [5.41, 5.74) is 4.40. The number of nitrogens with one attached hydrogen (secondary N) is 2. The van der Waals surface area contributed by atoms with Crippen LogP contribution in [0.3, 0.4) is 0 Å². The van der Waals surface area contributed by atoms with Crippen molar-refractivity contribution in [1.29, 1.82) is 0 Å². The number of anilines is 1. The van der Waals surface area contributed by atoms with Crippen molar-refractivity contribution >= 4 is 40.0 Å². The molecular weight excluding hydrogens is 334 g/mol. The van der Waals surface area contributed by atoms with Crippen LogP contribution in [0.15, 0.2) is 46.9 Å². The summed E-state index contributed by atoms with van der Waals surface area (Å²) in [6, 6.07) is 13.4. The van der Waals surface area contributed by atoms with Crippen LogP contribution in [0.2, 0.25) is 0 Å². The number of aromatic nitrogens is 1. The van der Waals surface area contributed by atoms with Gasteiger partial charge >= 0.3 is 0 Å². The zero-order valence-electron chi connectivity index (χ0n) is 14.3. The number of oxazole rings is 1. The van der Waals surface area contributed by atoms with E-state index in [0.717, 1.165) is 27.9 Å². The molecule has 25 heavy (non-hydrogen) atoms. The normalized spacial score (nSPS) is 10.9. The zero-order valence-corrected chi connectivity index (χ0v) is 15.1. The molecule has 3 aromatic rings. The number of hydrogen-bond acceptors (Lipinski definition) is 4. The average molecular weight is 353 g/mol. The van der Waals surface area contributed by atoms with Gasteiger partial charge in [-0.15, -0.1) is 0 Å². The molecule has 1 amide bonds. The van der Waals surface area contributed by atoms with Gasteiger partial charge in [0, 0.05) is 17.2 Å². The van der Waals surface area contributed by atoms with Crippen molar-refractivity contribution in [2.45, 2.75) is 20.8 Å². The van der Waals surface area contributed by atoms with Gasteiger partial charge < -0.3 is 15.1 Å². The standard InChI is InChI=1S/C19H19N3O2S/c1-11(2)17(23)22-19(25)20-14-7-5-13(6-8-14)18-21-15-10-12(3)4-9-16(15)24-18/h4-11H,1-3H3,(H2,20,22,23,25). The monoisotopic (exact) mass is 353 g/mol. The van der Waals surface area contributed by atoms with Crippen LogP contribution in [0, 0.1) is 12.8 Å². The van der Waals surface area contributed by atoms with Gasteiger partial charge in [0.05, 0.1) is 0 Å². The maximum Gasteiger partial charge on any atom is 0.228 e. The molecule has 0 aliphatic heterocycles. The molecule has 3 rings (SSSR count). The first kappa shape index (κ1) is 17.1.